The van der Waals surface area contributed by atoms with Gasteiger partial charge in [-0.2, -0.15) is 0 Å². The molecule has 0 aliphatic heterocycles. The van der Waals surface area contributed by atoms with Gasteiger partial charge in [0, 0.05) is 12.1 Å². The summed E-state index contributed by atoms with van der Waals surface area (Å²) in [5, 5.41) is 3.00. The number of fused-ring (bicyclic) bond motifs is 1. The van der Waals surface area contributed by atoms with Crippen molar-refractivity contribution in [2.45, 2.75) is 13.1 Å². The van der Waals surface area contributed by atoms with Crippen molar-refractivity contribution in [3.8, 4) is 5.75 Å². The lowest BCUT2D eigenvalue weighted by Crippen LogP contribution is -2.33. The maximum absolute atomic E-state index is 12.9. The van der Waals surface area contributed by atoms with Gasteiger partial charge in [0.15, 0.2) is 0 Å². The minimum atomic E-state index is -0.738. The molecule has 4 rings (SSSR count). The van der Waals surface area contributed by atoms with E-state index in [4.69, 9.17) is 9.15 Å². The molecule has 1 heterocycles. The van der Waals surface area contributed by atoms with Crippen LogP contribution in [0.15, 0.2) is 86.8 Å². The lowest BCUT2D eigenvalue weighted by atomic mass is 10.1. The zero-order chi connectivity index (χ0) is 21.8. The molecule has 7 heteroatoms. The molecular formula is C24H20N2O5. The number of aromatic nitrogens is 1. The van der Waals surface area contributed by atoms with Crippen LogP contribution in [0.3, 0.4) is 0 Å². The van der Waals surface area contributed by atoms with Crippen LogP contribution in [0.5, 0.6) is 5.75 Å². The third-order valence-electron chi connectivity index (χ3n) is 4.93. The molecule has 0 spiro atoms. The van der Waals surface area contributed by atoms with Gasteiger partial charge in [-0.15, -0.1) is 0 Å². The van der Waals surface area contributed by atoms with Gasteiger partial charge in [-0.25, -0.2) is 9.36 Å². The first-order valence-corrected chi connectivity index (χ1v) is 9.68. The molecule has 1 N–H and O–H groups in total. The molecule has 31 heavy (non-hydrogen) atoms. The number of carbonyl (C=O) groups is 1. The number of carbonyl (C=O) groups excluding carboxylic acids is 1. The molecule has 0 saturated heterocycles. The van der Waals surface area contributed by atoms with Crippen LogP contribution in [0.4, 0.5) is 0 Å². The third-order valence-corrected chi connectivity index (χ3v) is 4.93. The average Bonchev–Trinajstić information content (AvgIpc) is 2.81. The molecule has 4 aromatic rings. The van der Waals surface area contributed by atoms with Crippen molar-refractivity contribution in [1.82, 2.24) is 9.88 Å². The largest absolute Gasteiger partial charge is 0.497 e. The highest BCUT2D eigenvalue weighted by molar-refractivity contribution is 5.97. The molecule has 0 bridgehead atoms. The number of benzene rings is 3. The fourth-order valence-corrected chi connectivity index (χ4v) is 3.23. The zero-order valence-corrected chi connectivity index (χ0v) is 16.8. The molecule has 0 radical (unpaired) electrons. The molecule has 0 fully saturated rings. The predicted molar refractivity (Wildman–Crippen MR) is 116 cm³/mol. The van der Waals surface area contributed by atoms with E-state index in [2.05, 4.69) is 5.32 Å². The second-order valence-corrected chi connectivity index (χ2v) is 6.99. The number of rotatable bonds is 6. The third kappa shape index (κ3) is 4.40. The Hall–Kier alpha value is -4.13. The molecule has 0 unspecified atom stereocenters. The Morgan fingerprint density at radius 3 is 2.42 bits per heavy atom. The molecule has 7 nitrogen and oxygen atoms in total. The lowest BCUT2D eigenvalue weighted by molar-refractivity contribution is 0.0951. The molecule has 0 atom stereocenters. The Morgan fingerprint density at radius 1 is 0.968 bits per heavy atom. The summed E-state index contributed by atoms with van der Waals surface area (Å²) in [6.45, 7) is 0.412. The van der Waals surface area contributed by atoms with E-state index in [0.717, 1.165) is 21.4 Å². The summed E-state index contributed by atoms with van der Waals surface area (Å²) in [5.41, 5.74) is 1.65. The van der Waals surface area contributed by atoms with E-state index in [1.165, 1.54) is 18.2 Å². The fraction of sp³-hybridized carbons (Fsp3) is 0.125. The Bertz CT molecular complexity index is 1340. The van der Waals surface area contributed by atoms with Crippen molar-refractivity contribution in [3.63, 3.8) is 0 Å². The van der Waals surface area contributed by atoms with Gasteiger partial charge in [0.05, 0.1) is 19.0 Å². The lowest BCUT2D eigenvalue weighted by Gasteiger charge is -2.08. The Balaban J connectivity index is 1.59. The molecular weight excluding hydrogens is 396 g/mol. The van der Waals surface area contributed by atoms with Crippen molar-refractivity contribution < 1.29 is 13.9 Å². The van der Waals surface area contributed by atoms with Crippen LogP contribution in [0.2, 0.25) is 0 Å². The summed E-state index contributed by atoms with van der Waals surface area (Å²) >= 11 is 0. The van der Waals surface area contributed by atoms with Gasteiger partial charge in [-0.05, 0) is 41.5 Å². The van der Waals surface area contributed by atoms with Crippen molar-refractivity contribution in [2.24, 2.45) is 0 Å². The normalized spacial score (nSPS) is 10.7. The molecule has 1 aromatic heterocycles. The number of methoxy groups -OCH3 is 1. The highest BCUT2D eigenvalue weighted by Crippen LogP contribution is 2.13. The van der Waals surface area contributed by atoms with Crippen LogP contribution >= 0.6 is 0 Å². The quantitative estimate of drug-likeness (QED) is 0.522. The van der Waals surface area contributed by atoms with E-state index >= 15 is 0 Å². The summed E-state index contributed by atoms with van der Waals surface area (Å²) in [7, 11) is 1.59. The molecule has 156 valence electrons. The van der Waals surface area contributed by atoms with Gasteiger partial charge in [0.25, 0.3) is 11.5 Å². The minimum Gasteiger partial charge on any atom is -0.497 e. The van der Waals surface area contributed by atoms with Crippen LogP contribution in [-0.2, 0) is 13.1 Å². The van der Waals surface area contributed by atoms with Crippen molar-refractivity contribution >= 4 is 16.9 Å². The maximum Gasteiger partial charge on any atom is 0.422 e. The summed E-state index contributed by atoms with van der Waals surface area (Å²) < 4.78 is 11.4. The standard InChI is InChI=1S/C24H20N2O5/c1-30-19-10-7-16(8-11-19)14-25-22(27)18-9-12-21-20(13-18)23(28)26(24(29)31-21)15-17-5-3-2-4-6-17/h2-13H,14-15H2,1H3,(H,25,27). The van der Waals surface area contributed by atoms with Gasteiger partial charge in [-0.1, -0.05) is 42.5 Å². The Labute approximate surface area is 177 Å². The first kappa shape index (κ1) is 20.2. The van der Waals surface area contributed by atoms with Gasteiger partial charge in [-0.3, -0.25) is 9.59 Å². The smallest absolute Gasteiger partial charge is 0.422 e. The van der Waals surface area contributed by atoms with Crippen LogP contribution < -0.4 is 21.4 Å². The summed E-state index contributed by atoms with van der Waals surface area (Å²) in [4.78, 5) is 37.8. The number of nitrogens with zero attached hydrogens (tertiary/aromatic N) is 1. The van der Waals surface area contributed by atoms with E-state index in [1.807, 2.05) is 54.6 Å². The molecule has 3 aromatic carbocycles. The summed E-state index contributed by atoms with van der Waals surface area (Å²) in [6, 6.07) is 20.9. The van der Waals surface area contributed by atoms with Gasteiger partial charge in [0.2, 0.25) is 0 Å². The maximum atomic E-state index is 12.9. The fourth-order valence-electron chi connectivity index (χ4n) is 3.23. The number of nitrogens with one attached hydrogen (secondary N) is 1. The Kier molecular flexibility index (Phi) is 5.66. The van der Waals surface area contributed by atoms with Crippen molar-refractivity contribution in [2.75, 3.05) is 7.11 Å². The zero-order valence-electron chi connectivity index (χ0n) is 16.8. The molecule has 1 amide bonds. The van der Waals surface area contributed by atoms with E-state index in [1.54, 1.807) is 7.11 Å². The molecule has 0 aliphatic rings. The van der Waals surface area contributed by atoms with E-state index in [0.29, 0.717) is 12.1 Å². The number of hydrogen-bond donors (Lipinski definition) is 1. The number of hydrogen-bond acceptors (Lipinski definition) is 5. The van der Waals surface area contributed by atoms with Crippen LogP contribution in [0, 0.1) is 0 Å². The topological polar surface area (TPSA) is 90.5 Å². The van der Waals surface area contributed by atoms with Crippen LogP contribution in [0.1, 0.15) is 21.5 Å². The predicted octanol–water partition coefficient (Wildman–Crippen LogP) is 2.94. The van der Waals surface area contributed by atoms with E-state index in [-0.39, 0.29) is 23.4 Å². The molecule has 0 aliphatic carbocycles. The SMILES string of the molecule is COc1ccc(CNC(=O)c2ccc3oc(=O)n(Cc4ccccc4)c(=O)c3c2)cc1. The highest BCUT2D eigenvalue weighted by atomic mass is 16.5. The molecule has 0 saturated carbocycles. The van der Waals surface area contributed by atoms with Crippen molar-refractivity contribution in [1.29, 1.82) is 0 Å². The first-order chi connectivity index (χ1) is 15.0. The van der Waals surface area contributed by atoms with E-state index in [9.17, 15) is 14.4 Å². The van der Waals surface area contributed by atoms with Crippen LogP contribution in [0.25, 0.3) is 11.0 Å². The summed E-state index contributed by atoms with van der Waals surface area (Å²) in [5.74, 6) is -0.339. The second-order valence-electron chi connectivity index (χ2n) is 6.99. The number of amides is 1. The van der Waals surface area contributed by atoms with Crippen molar-refractivity contribution in [3.05, 3.63) is 110 Å². The highest BCUT2D eigenvalue weighted by Gasteiger charge is 2.13. The van der Waals surface area contributed by atoms with Gasteiger partial charge in [0.1, 0.15) is 11.3 Å². The average molecular weight is 416 g/mol. The number of ether oxygens (including phenoxy) is 1. The monoisotopic (exact) mass is 416 g/mol. The van der Waals surface area contributed by atoms with Crippen LogP contribution in [-0.4, -0.2) is 17.6 Å². The minimum absolute atomic E-state index is 0.0891. The first-order valence-electron chi connectivity index (χ1n) is 9.68. The van der Waals surface area contributed by atoms with Gasteiger partial charge >= 0.3 is 5.76 Å². The van der Waals surface area contributed by atoms with Gasteiger partial charge < -0.3 is 14.5 Å². The Morgan fingerprint density at radius 2 is 1.71 bits per heavy atom. The summed E-state index contributed by atoms with van der Waals surface area (Å²) in [6.07, 6.45) is 0. The van der Waals surface area contributed by atoms with E-state index < -0.39 is 11.3 Å². The second kappa shape index (κ2) is 8.71.